The molecule has 0 bridgehead atoms. The number of nitrogens with two attached hydrogens (primary N) is 1. The fraction of sp³-hybridized carbons (Fsp3) is 0.294. The second kappa shape index (κ2) is 5.35. The lowest BCUT2D eigenvalue weighted by Crippen LogP contribution is -2.11. The lowest BCUT2D eigenvalue weighted by Gasteiger charge is -2.21. The lowest BCUT2D eigenvalue weighted by molar-refractivity contribution is 0.416. The predicted molar refractivity (Wildman–Crippen MR) is 80.7 cm³/mol. The number of anilines is 1. The van der Waals surface area contributed by atoms with Gasteiger partial charge in [-0.25, -0.2) is 4.39 Å². The molecular formula is C17H19F2NO. The van der Waals surface area contributed by atoms with Gasteiger partial charge in [0.25, 0.3) is 0 Å². The Morgan fingerprint density at radius 2 is 1.71 bits per heavy atom. The number of aryl methyl sites for hydroxylation is 1. The fourth-order valence-corrected chi connectivity index (χ4v) is 1.99. The van der Waals surface area contributed by atoms with Crippen molar-refractivity contribution in [3.05, 3.63) is 53.1 Å². The maximum atomic E-state index is 13.8. The van der Waals surface area contributed by atoms with E-state index in [1.807, 2.05) is 19.1 Å². The standard InChI is InChI=1S/C17H19F2NO/c1-10-9-11(17(2,3)4)5-8-14(10)21-16-13(20)7-6-12(18)15(16)19/h5-9H,20H2,1-4H3. The molecule has 21 heavy (non-hydrogen) atoms. The highest BCUT2D eigenvalue weighted by Gasteiger charge is 2.17. The van der Waals surface area contributed by atoms with E-state index in [9.17, 15) is 8.78 Å². The molecule has 0 saturated carbocycles. The van der Waals surface area contributed by atoms with Crippen LogP contribution in [0.3, 0.4) is 0 Å². The summed E-state index contributed by atoms with van der Waals surface area (Å²) in [6, 6.07) is 7.90. The van der Waals surface area contributed by atoms with Crippen molar-refractivity contribution < 1.29 is 13.5 Å². The molecule has 2 aromatic rings. The largest absolute Gasteiger partial charge is 0.452 e. The number of ether oxygens (including phenoxy) is 1. The van der Waals surface area contributed by atoms with Crippen LogP contribution in [0.4, 0.5) is 14.5 Å². The lowest BCUT2D eigenvalue weighted by atomic mass is 9.86. The average molecular weight is 291 g/mol. The minimum atomic E-state index is -1.07. The monoisotopic (exact) mass is 291 g/mol. The summed E-state index contributed by atoms with van der Waals surface area (Å²) in [5, 5.41) is 0. The Hall–Kier alpha value is -2.10. The van der Waals surface area contributed by atoms with Crippen molar-refractivity contribution >= 4 is 5.69 Å². The van der Waals surface area contributed by atoms with Crippen LogP contribution in [0, 0.1) is 18.6 Å². The van der Waals surface area contributed by atoms with Gasteiger partial charge in [-0.2, -0.15) is 4.39 Å². The molecule has 0 radical (unpaired) electrons. The average Bonchev–Trinajstić information content (AvgIpc) is 2.39. The predicted octanol–water partition coefficient (Wildman–Crippen LogP) is 4.95. The second-order valence-electron chi connectivity index (χ2n) is 6.11. The van der Waals surface area contributed by atoms with E-state index in [4.69, 9.17) is 10.5 Å². The van der Waals surface area contributed by atoms with E-state index < -0.39 is 11.6 Å². The number of benzene rings is 2. The van der Waals surface area contributed by atoms with Crippen LogP contribution in [0.2, 0.25) is 0 Å². The van der Waals surface area contributed by atoms with Crippen molar-refractivity contribution in [2.75, 3.05) is 5.73 Å². The van der Waals surface area contributed by atoms with Gasteiger partial charge in [-0.15, -0.1) is 0 Å². The van der Waals surface area contributed by atoms with Crippen LogP contribution in [-0.4, -0.2) is 0 Å². The van der Waals surface area contributed by atoms with Crippen molar-refractivity contribution in [3.63, 3.8) is 0 Å². The zero-order valence-corrected chi connectivity index (χ0v) is 12.6. The Balaban J connectivity index is 2.40. The van der Waals surface area contributed by atoms with Crippen LogP contribution in [0.1, 0.15) is 31.9 Å². The first-order valence-corrected chi connectivity index (χ1v) is 6.72. The van der Waals surface area contributed by atoms with Crippen molar-refractivity contribution in [3.8, 4) is 11.5 Å². The SMILES string of the molecule is Cc1cc(C(C)(C)C)ccc1Oc1c(N)ccc(F)c1F. The summed E-state index contributed by atoms with van der Waals surface area (Å²) in [4.78, 5) is 0. The number of rotatable bonds is 2. The quantitative estimate of drug-likeness (QED) is 0.795. The molecule has 2 aromatic carbocycles. The van der Waals surface area contributed by atoms with Gasteiger partial charge >= 0.3 is 0 Å². The molecule has 2 N–H and O–H groups in total. The Bertz CT molecular complexity index is 675. The van der Waals surface area contributed by atoms with Crippen molar-refractivity contribution in [2.45, 2.75) is 33.1 Å². The third kappa shape index (κ3) is 3.15. The van der Waals surface area contributed by atoms with Crippen molar-refractivity contribution in [1.82, 2.24) is 0 Å². The van der Waals surface area contributed by atoms with Gasteiger partial charge in [-0.05, 0) is 41.7 Å². The molecule has 0 heterocycles. The molecule has 0 amide bonds. The van der Waals surface area contributed by atoms with Crippen LogP contribution in [-0.2, 0) is 5.41 Å². The van der Waals surface area contributed by atoms with E-state index in [1.54, 1.807) is 6.07 Å². The Labute approximate surface area is 123 Å². The summed E-state index contributed by atoms with van der Waals surface area (Å²) >= 11 is 0. The molecule has 4 heteroatoms. The summed E-state index contributed by atoms with van der Waals surface area (Å²) < 4.78 is 32.5. The summed E-state index contributed by atoms with van der Waals surface area (Å²) in [5.41, 5.74) is 7.70. The van der Waals surface area contributed by atoms with Gasteiger partial charge in [0, 0.05) is 0 Å². The first-order chi connectivity index (χ1) is 9.70. The van der Waals surface area contributed by atoms with E-state index in [0.717, 1.165) is 17.2 Å². The highest BCUT2D eigenvalue weighted by molar-refractivity contribution is 5.55. The van der Waals surface area contributed by atoms with Gasteiger partial charge in [-0.3, -0.25) is 0 Å². The summed E-state index contributed by atoms with van der Waals surface area (Å²) in [7, 11) is 0. The van der Waals surface area contributed by atoms with Gasteiger partial charge in [0.1, 0.15) is 5.75 Å². The molecule has 0 aliphatic carbocycles. The first-order valence-electron chi connectivity index (χ1n) is 6.72. The van der Waals surface area contributed by atoms with Gasteiger partial charge in [0.05, 0.1) is 5.69 Å². The fourth-order valence-electron chi connectivity index (χ4n) is 1.99. The normalized spacial score (nSPS) is 11.5. The van der Waals surface area contributed by atoms with Crippen LogP contribution in [0.15, 0.2) is 30.3 Å². The van der Waals surface area contributed by atoms with Crippen LogP contribution in [0.5, 0.6) is 11.5 Å². The van der Waals surface area contributed by atoms with E-state index in [-0.39, 0.29) is 16.9 Å². The minimum absolute atomic E-state index is 0.00637. The number of hydrogen-bond donors (Lipinski definition) is 1. The Morgan fingerprint density at radius 1 is 1.05 bits per heavy atom. The smallest absolute Gasteiger partial charge is 0.203 e. The molecule has 0 atom stereocenters. The minimum Gasteiger partial charge on any atom is -0.452 e. The highest BCUT2D eigenvalue weighted by atomic mass is 19.2. The van der Waals surface area contributed by atoms with Gasteiger partial charge in [0.2, 0.25) is 5.82 Å². The molecule has 2 nitrogen and oxygen atoms in total. The summed E-state index contributed by atoms with van der Waals surface area (Å²) in [6.07, 6.45) is 0. The zero-order valence-electron chi connectivity index (χ0n) is 12.6. The molecule has 0 aliphatic heterocycles. The maximum Gasteiger partial charge on any atom is 0.203 e. The second-order valence-corrected chi connectivity index (χ2v) is 6.11. The molecule has 2 rings (SSSR count). The third-order valence-corrected chi connectivity index (χ3v) is 3.33. The van der Waals surface area contributed by atoms with Crippen LogP contribution < -0.4 is 10.5 Å². The zero-order chi connectivity index (χ0) is 15.8. The molecule has 0 saturated heterocycles. The van der Waals surface area contributed by atoms with E-state index >= 15 is 0 Å². The molecular weight excluding hydrogens is 272 g/mol. The highest BCUT2D eigenvalue weighted by Crippen LogP contribution is 2.35. The molecule has 112 valence electrons. The maximum absolute atomic E-state index is 13.8. The molecule has 0 aromatic heterocycles. The first kappa shape index (κ1) is 15.3. The van der Waals surface area contributed by atoms with E-state index in [0.29, 0.717) is 5.75 Å². The van der Waals surface area contributed by atoms with E-state index in [1.165, 1.54) is 6.07 Å². The van der Waals surface area contributed by atoms with Crippen molar-refractivity contribution in [1.29, 1.82) is 0 Å². The topological polar surface area (TPSA) is 35.2 Å². The third-order valence-electron chi connectivity index (χ3n) is 3.33. The molecule has 0 unspecified atom stereocenters. The Morgan fingerprint density at radius 3 is 2.29 bits per heavy atom. The number of nitrogen functional groups attached to an aromatic ring is 1. The molecule has 0 fully saturated rings. The van der Waals surface area contributed by atoms with Gasteiger partial charge in [-0.1, -0.05) is 32.9 Å². The Kier molecular flexibility index (Phi) is 3.90. The number of halogens is 2. The number of hydrogen-bond acceptors (Lipinski definition) is 2. The van der Waals surface area contributed by atoms with Gasteiger partial charge in [0.15, 0.2) is 11.6 Å². The molecule has 0 spiro atoms. The molecule has 0 aliphatic rings. The van der Waals surface area contributed by atoms with E-state index in [2.05, 4.69) is 20.8 Å². The summed E-state index contributed by atoms with van der Waals surface area (Å²) in [5.74, 6) is -1.88. The van der Waals surface area contributed by atoms with Crippen LogP contribution >= 0.6 is 0 Å². The van der Waals surface area contributed by atoms with Crippen LogP contribution in [0.25, 0.3) is 0 Å². The van der Waals surface area contributed by atoms with Gasteiger partial charge < -0.3 is 10.5 Å². The summed E-state index contributed by atoms with van der Waals surface area (Å²) in [6.45, 7) is 8.17. The van der Waals surface area contributed by atoms with Crippen molar-refractivity contribution in [2.24, 2.45) is 0 Å².